The van der Waals surface area contributed by atoms with Crippen LogP contribution in [0.3, 0.4) is 0 Å². The minimum atomic E-state index is -2.95. The van der Waals surface area contributed by atoms with E-state index < -0.39 is 9.84 Å². The lowest BCUT2D eigenvalue weighted by atomic mass is 10.2. The molecule has 1 atom stereocenters. The average molecular weight is 337 g/mol. The van der Waals surface area contributed by atoms with E-state index in [9.17, 15) is 12.8 Å². The summed E-state index contributed by atoms with van der Waals surface area (Å²) < 4.78 is 39.0. The van der Waals surface area contributed by atoms with Crippen molar-refractivity contribution in [2.24, 2.45) is 0 Å². The van der Waals surface area contributed by atoms with Gasteiger partial charge in [0, 0.05) is 31.4 Å². The van der Waals surface area contributed by atoms with Crippen molar-refractivity contribution in [3.05, 3.63) is 47.5 Å². The summed E-state index contributed by atoms with van der Waals surface area (Å²) in [4.78, 5) is 2.11. The number of para-hydroxylation sites is 1. The van der Waals surface area contributed by atoms with Gasteiger partial charge in [0.15, 0.2) is 9.84 Å². The summed E-state index contributed by atoms with van der Waals surface area (Å²) in [6.45, 7) is 5.30. The molecule has 2 heterocycles. The highest BCUT2D eigenvalue weighted by atomic mass is 32.2. The number of hydrogen-bond donors (Lipinski definition) is 0. The van der Waals surface area contributed by atoms with E-state index in [-0.39, 0.29) is 16.8 Å². The van der Waals surface area contributed by atoms with Gasteiger partial charge in [-0.3, -0.25) is 4.90 Å². The molecule has 0 bridgehead atoms. The Bertz CT molecular complexity index is 816. The van der Waals surface area contributed by atoms with Gasteiger partial charge in [0.25, 0.3) is 0 Å². The Morgan fingerprint density at radius 3 is 2.78 bits per heavy atom. The number of sulfone groups is 1. The van der Waals surface area contributed by atoms with Gasteiger partial charge in [0.1, 0.15) is 11.5 Å². The molecule has 1 aliphatic heterocycles. The molecule has 0 spiro atoms. The van der Waals surface area contributed by atoms with Gasteiger partial charge in [-0.05, 0) is 26.0 Å². The fourth-order valence-electron chi connectivity index (χ4n) is 2.82. The molecule has 23 heavy (non-hydrogen) atoms. The summed E-state index contributed by atoms with van der Waals surface area (Å²) >= 11 is 0. The van der Waals surface area contributed by atoms with Crippen LogP contribution in [0.4, 0.5) is 4.39 Å². The molecular formula is C16H20FN3O2S. The van der Waals surface area contributed by atoms with Crippen LogP contribution in [0.2, 0.25) is 0 Å². The first kappa shape index (κ1) is 16.1. The summed E-state index contributed by atoms with van der Waals surface area (Å²) in [5.74, 6) is -0.131. The maximum atomic E-state index is 13.9. The van der Waals surface area contributed by atoms with E-state index in [1.165, 1.54) is 6.07 Å². The molecular weight excluding hydrogens is 317 g/mol. The second-order valence-electron chi connectivity index (χ2n) is 6.05. The SMILES string of the molecule is Cc1nn(-c2ccccc2F)cc1CN1CCS(=O)(=O)C(C)C1. The van der Waals surface area contributed by atoms with Gasteiger partial charge >= 0.3 is 0 Å². The van der Waals surface area contributed by atoms with Crippen molar-refractivity contribution in [2.75, 3.05) is 18.8 Å². The van der Waals surface area contributed by atoms with Gasteiger partial charge in [0.2, 0.25) is 0 Å². The third kappa shape index (κ3) is 3.30. The topological polar surface area (TPSA) is 55.2 Å². The maximum Gasteiger partial charge on any atom is 0.155 e. The van der Waals surface area contributed by atoms with E-state index >= 15 is 0 Å². The first-order chi connectivity index (χ1) is 10.9. The monoisotopic (exact) mass is 337 g/mol. The predicted octanol–water partition coefficient (Wildman–Crippen LogP) is 1.94. The minimum Gasteiger partial charge on any atom is -0.297 e. The van der Waals surface area contributed by atoms with E-state index in [4.69, 9.17) is 0 Å². The largest absolute Gasteiger partial charge is 0.297 e. The van der Waals surface area contributed by atoms with Crippen LogP contribution in [0.5, 0.6) is 0 Å². The smallest absolute Gasteiger partial charge is 0.155 e. The molecule has 0 saturated carbocycles. The van der Waals surface area contributed by atoms with Crippen LogP contribution in [0.1, 0.15) is 18.2 Å². The van der Waals surface area contributed by atoms with Gasteiger partial charge < -0.3 is 0 Å². The molecule has 0 radical (unpaired) electrons. The number of hydrogen-bond acceptors (Lipinski definition) is 4. The maximum absolute atomic E-state index is 13.9. The van der Waals surface area contributed by atoms with Crippen LogP contribution in [0.15, 0.2) is 30.5 Å². The second-order valence-corrected chi connectivity index (χ2v) is 8.59. The highest BCUT2D eigenvalue weighted by molar-refractivity contribution is 7.92. The van der Waals surface area contributed by atoms with Crippen molar-refractivity contribution < 1.29 is 12.8 Å². The summed E-state index contributed by atoms with van der Waals surface area (Å²) in [6.07, 6.45) is 1.82. The third-order valence-corrected chi connectivity index (χ3v) is 6.44. The van der Waals surface area contributed by atoms with Crippen molar-refractivity contribution >= 4 is 9.84 Å². The van der Waals surface area contributed by atoms with Crippen molar-refractivity contribution in [3.63, 3.8) is 0 Å². The Hall–Kier alpha value is -1.73. The zero-order chi connectivity index (χ0) is 16.6. The molecule has 1 unspecified atom stereocenters. The van der Waals surface area contributed by atoms with Crippen LogP contribution in [-0.2, 0) is 16.4 Å². The molecule has 3 rings (SSSR count). The Labute approximate surface area is 135 Å². The highest BCUT2D eigenvalue weighted by Crippen LogP contribution is 2.19. The zero-order valence-corrected chi connectivity index (χ0v) is 14.1. The predicted molar refractivity (Wildman–Crippen MR) is 86.8 cm³/mol. The third-order valence-electron chi connectivity index (χ3n) is 4.31. The van der Waals surface area contributed by atoms with Crippen molar-refractivity contribution in [1.82, 2.24) is 14.7 Å². The minimum absolute atomic E-state index is 0.189. The van der Waals surface area contributed by atoms with Crippen LogP contribution < -0.4 is 0 Å². The summed E-state index contributed by atoms with van der Waals surface area (Å²) in [7, 11) is -2.95. The Balaban J connectivity index is 1.79. The number of rotatable bonds is 3. The van der Waals surface area contributed by atoms with E-state index in [0.29, 0.717) is 25.3 Å². The fraction of sp³-hybridized carbons (Fsp3) is 0.438. The molecule has 7 heteroatoms. The van der Waals surface area contributed by atoms with Crippen molar-refractivity contribution in [3.8, 4) is 5.69 Å². The number of aryl methyl sites for hydroxylation is 1. The molecule has 1 aromatic heterocycles. The number of nitrogens with zero attached hydrogens (tertiary/aromatic N) is 3. The van der Waals surface area contributed by atoms with E-state index in [2.05, 4.69) is 10.00 Å². The zero-order valence-electron chi connectivity index (χ0n) is 13.2. The van der Waals surface area contributed by atoms with E-state index in [0.717, 1.165) is 11.3 Å². The summed E-state index contributed by atoms with van der Waals surface area (Å²) in [5.41, 5.74) is 2.23. The van der Waals surface area contributed by atoms with Crippen molar-refractivity contribution in [2.45, 2.75) is 25.6 Å². The number of halogens is 1. The summed E-state index contributed by atoms with van der Waals surface area (Å²) in [6, 6.07) is 6.50. The molecule has 0 aliphatic carbocycles. The van der Waals surface area contributed by atoms with Crippen LogP contribution in [0, 0.1) is 12.7 Å². The van der Waals surface area contributed by atoms with Crippen molar-refractivity contribution in [1.29, 1.82) is 0 Å². The van der Waals surface area contributed by atoms with Crippen LogP contribution in [0.25, 0.3) is 5.69 Å². The van der Waals surface area contributed by atoms with Crippen LogP contribution in [-0.4, -0.2) is 47.2 Å². The molecule has 1 aromatic carbocycles. The molecule has 1 saturated heterocycles. The highest BCUT2D eigenvalue weighted by Gasteiger charge is 2.29. The standard InChI is InChI=1S/C16H20FN3O2S/c1-12-9-19(7-8-23(12,21)22)10-14-11-20(18-13(14)2)16-6-4-3-5-15(16)17/h3-6,11-12H,7-10H2,1-2H3. The number of benzene rings is 1. The molecule has 2 aromatic rings. The van der Waals surface area contributed by atoms with E-state index in [1.807, 2.05) is 13.1 Å². The lowest BCUT2D eigenvalue weighted by molar-refractivity contribution is 0.269. The van der Waals surface area contributed by atoms with Gasteiger partial charge in [-0.25, -0.2) is 17.5 Å². The molecule has 5 nitrogen and oxygen atoms in total. The molecule has 1 fully saturated rings. The van der Waals surface area contributed by atoms with Gasteiger partial charge in [0.05, 0.1) is 16.7 Å². The van der Waals surface area contributed by atoms with Gasteiger partial charge in [-0.15, -0.1) is 0 Å². The van der Waals surface area contributed by atoms with E-state index in [1.54, 1.807) is 29.8 Å². The lowest BCUT2D eigenvalue weighted by Crippen LogP contribution is -2.44. The van der Waals surface area contributed by atoms with Gasteiger partial charge in [-0.2, -0.15) is 5.10 Å². The molecule has 0 amide bonds. The number of aromatic nitrogens is 2. The molecule has 1 aliphatic rings. The Kier molecular flexibility index (Phi) is 4.25. The molecule has 0 N–H and O–H groups in total. The summed E-state index contributed by atoms with van der Waals surface area (Å²) in [5, 5.41) is 4.04. The van der Waals surface area contributed by atoms with Gasteiger partial charge in [-0.1, -0.05) is 12.1 Å². The lowest BCUT2D eigenvalue weighted by Gasteiger charge is -2.30. The first-order valence-corrected chi connectivity index (χ1v) is 9.32. The first-order valence-electron chi connectivity index (χ1n) is 7.61. The Morgan fingerprint density at radius 1 is 1.35 bits per heavy atom. The second kappa shape index (κ2) is 6.05. The average Bonchev–Trinajstić information content (AvgIpc) is 2.85. The van der Waals surface area contributed by atoms with Crippen LogP contribution >= 0.6 is 0 Å². The molecule has 124 valence electrons. The fourth-order valence-corrected chi connectivity index (χ4v) is 4.18. The normalized spacial score (nSPS) is 21.4. The quantitative estimate of drug-likeness (QED) is 0.859. The Morgan fingerprint density at radius 2 is 2.09 bits per heavy atom.